The maximum atomic E-state index is 12.3. The summed E-state index contributed by atoms with van der Waals surface area (Å²) in [6.07, 6.45) is -3.40. The second-order valence-electron chi connectivity index (χ2n) is 4.17. The first-order valence-corrected chi connectivity index (χ1v) is 6.83. The average molecular weight is 389 g/mol. The van der Waals surface area contributed by atoms with Crippen molar-refractivity contribution in [2.24, 2.45) is 0 Å². The monoisotopic (exact) mass is 388 g/mol. The van der Waals surface area contributed by atoms with Gasteiger partial charge in [-0.05, 0) is 28.1 Å². The lowest BCUT2D eigenvalue weighted by molar-refractivity contribution is -0.141. The van der Waals surface area contributed by atoms with Gasteiger partial charge < -0.3 is 0 Å². The Labute approximate surface area is 136 Å². The summed E-state index contributed by atoms with van der Waals surface area (Å²) in [5.74, 6) is -0.912. The van der Waals surface area contributed by atoms with Crippen molar-refractivity contribution >= 4 is 33.7 Å². The molecule has 0 saturated heterocycles. The van der Waals surface area contributed by atoms with Crippen molar-refractivity contribution in [3.63, 3.8) is 0 Å². The first-order chi connectivity index (χ1) is 10.8. The Bertz CT molecular complexity index is 735. The van der Waals surface area contributed by atoms with Crippen LogP contribution in [0.3, 0.4) is 0 Å². The minimum atomic E-state index is -4.62. The van der Waals surface area contributed by atoms with Crippen molar-refractivity contribution < 1.29 is 22.8 Å². The van der Waals surface area contributed by atoms with E-state index in [9.17, 15) is 22.8 Å². The molecule has 120 valence electrons. The maximum absolute atomic E-state index is 12.3. The number of hydrogen-bond acceptors (Lipinski definition) is 4. The minimum Gasteiger partial charge on any atom is -0.291 e. The normalized spacial score (nSPS) is 11.0. The van der Waals surface area contributed by atoms with Gasteiger partial charge in [0.15, 0.2) is 11.5 Å². The molecule has 2 rings (SSSR count). The van der Waals surface area contributed by atoms with E-state index in [-0.39, 0.29) is 11.4 Å². The summed E-state index contributed by atoms with van der Waals surface area (Å²) in [6, 6.07) is 5.47. The van der Waals surface area contributed by atoms with E-state index in [1.807, 2.05) is 5.32 Å². The SMILES string of the molecule is O=C(NC(=O)c1ccccc1Br)Nc1cnc(C(F)(F)F)cn1. The van der Waals surface area contributed by atoms with Gasteiger partial charge in [-0.15, -0.1) is 0 Å². The Morgan fingerprint density at radius 1 is 1.09 bits per heavy atom. The largest absolute Gasteiger partial charge is 0.434 e. The van der Waals surface area contributed by atoms with Crippen LogP contribution in [0.5, 0.6) is 0 Å². The maximum Gasteiger partial charge on any atom is 0.434 e. The second kappa shape index (κ2) is 6.73. The van der Waals surface area contributed by atoms with E-state index in [1.54, 1.807) is 18.2 Å². The summed E-state index contributed by atoms with van der Waals surface area (Å²) in [5.41, 5.74) is -0.964. The Balaban J connectivity index is 2.00. The van der Waals surface area contributed by atoms with Crippen LogP contribution in [-0.4, -0.2) is 21.9 Å². The molecule has 1 aromatic carbocycles. The van der Waals surface area contributed by atoms with Crippen molar-refractivity contribution in [2.75, 3.05) is 5.32 Å². The molecule has 0 spiro atoms. The molecular formula is C13H8BrF3N4O2. The fraction of sp³-hybridized carbons (Fsp3) is 0.0769. The fourth-order valence-electron chi connectivity index (χ4n) is 1.50. The van der Waals surface area contributed by atoms with Crippen LogP contribution in [0.1, 0.15) is 16.1 Å². The lowest BCUT2D eigenvalue weighted by Crippen LogP contribution is -2.34. The zero-order valence-electron chi connectivity index (χ0n) is 11.2. The molecule has 2 aromatic rings. The highest BCUT2D eigenvalue weighted by atomic mass is 79.9. The third kappa shape index (κ3) is 4.49. The molecule has 0 radical (unpaired) electrons. The predicted molar refractivity (Wildman–Crippen MR) is 77.7 cm³/mol. The van der Waals surface area contributed by atoms with Gasteiger partial charge >= 0.3 is 12.2 Å². The molecule has 0 saturated carbocycles. The number of imide groups is 1. The third-order valence-electron chi connectivity index (χ3n) is 2.53. The lowest BCUT2D eigenvalue weighted by Gasteiger charge is -2.08. The Morgan fingerprint density at radius 3 is 2.35 bits per heavy atom. The Morgan fingerprint density at radius 2 is 1.78 bits per heavy atom. The molecule has 0 aliphatic heterocycles. The van der Waals surface area contributed by atoms with Gasteiger partial charge in [0.25, 0.3) is 5.91 Å². The first-order valence-electron chi connectivity index (χ1n) is 6.03. The number of rotatable bonds is 2. The predicted octanol–water partition coefficient (Wildman–Crippen LogP) is 3.22. The number of urea groups is 1. The first kappa shape index (κ1) is 16.9. The number of hydrogen-bond donors (Lipinski definition) is 2. The van der Waals surface area contributed by atoms with E-state index in [0.717, 1.165) is 6.20 Å². The highest BCUT2D eigenvalue weighted by Crippen LogP contribution is 2.26. The summed E-state index contributed by atoms with van der Waals surface area (Å²) in [6.45, 7) is 0. The van der Waals surface area contributed by atoms with Crippen LogP contribution in [0.2, 0.25) is 0 Å². The summed E-state index contributed by atoms with van der Waals surface area (Å²) < 4.78 is 37.5. The second-order valence-corrected chi connectivity index (χ2v) is 5.03. The lowest BCUT2D eigenvalue weighted by atomic mass is 10.2. The number of halogens is 4. The van der Waals surface area contributed by atoms with E-state index < -0.39 is 23.8 Å². The molecule has 0 atom stereocenters. The molecular weight excluding hydrogens is 381 g/mol. The van der Waals surface area contributed by atoms with E-state index in [0.29, 0.717) is 10.7 Å². The van der Waals surface area contributed by atoms with Gasteiger partial charge in [0, 0.05) is 4.47 Å². The highest BCUT2D eigenvalue weighted by Gasteiger charge is 2.32. The van der Waals surface area contributed by atoms with Gasteiger partial charge in [0.1, 0.15) is 0 Å². The molecule has 1 aromatic heterocycles. The van der Waals surface area contributed by atoms with Crippen LogP contribution in [0.4, 0.5) is 23.8 Å². The number of nitrogens with one attached hydrogen (secondary N) is 2. The smallest absolute Gasteiger partial charge is 0.291 e. The van der Waals surface area contributed by atoms with Gasteiger partial charge in [0.05, 0.1) is 18.0 Å². The number of nitrogens with zero attached hydrogens (tertiary/aromatic N) is 2. The van der Waals surface area contributed by atoms with E-state index in [2.05, 4.69) is 31.2 Å². The van der Waals surface area contributed by atoms with Gasteiger partial charge in [0.2, 0.25) is 0 Å². The van der Waals surface area contributed by atoms with Gasteiger partial charge in [-0.2, -0.15) is 13.2 Å². The standard InChI is InChI=1S/C13H8BrF3N4O2/c14-8-4-2-1-3-7(8)11(22)21-12(23)20-10-6-18-9(5-19-10)13(15,16)17/h1-6H,(H2,19,20,21,22,23). The Hall–Kier alpha value is -2.49. The third-order valence-corrected chi connectivity index (χ3v) is 3.22. The quantitative estimate of drug-likeness (QED) is 0.826. The Kier molecular flexibility index (Phi) is 4.94. The topological polar surface area (TPSA) is 84.0 Å². The van der Waals surface area contributed by atoms with Crippen molar-refractivity contribution in [3.8, 4) is 0 Å². The van der Waals surface area contributed by atoms with E-state index in [4.69, 9.17) is 0 Å². The summed E-state index contributed by atoms with van der Waals surface area (Å²) in [4.78, 5) is 30.0. The molecule has 0 bridgehead atoms. The van der Waals surface area contributed by atoms with Crippen LogP contribution < -0.4 is 10.6 Å². The molecule has 1 heterocycles. The molecule has 10 heteroatoms. The van der Waals surface area contributed by atoms with Crippen LogP contribution >= 0.6 is 15.9 Å². The average Bonchev–Trinajstić information content (AvgIpc) is 2.47. The van der Waals surface area contributed by atoms with Crippen LogP contribution in [0.15, 0.2) is 41.1 Å². The number of benzene rings is 1. The number of aromatic nitrogens is 2. The summed E-state index contributed by atoms with van der Waals surface area (Å²) in [5, 5.41) is 4.13. The van der Waals surface area contributed by atoms with E-state index in [1.165, 1.54) is 6.07 Å². The van der Waals surface area contributed by atoms with Gasteiger partial charge in [-0.3, -0.25) is 15.4 Å². The van der Waals surface area contributed by atoms with Crippen molar-refractivity contribution in [2.45, 2.75) is 6.18 Å². The van der Waals surface area contributed by atoms with Gasteiger partial charge in [-0.25, -0.2) is 14.8 Å². The minimum absolute atomic E-state index is 0.223. The number of alkyl halides is 3. The molecule has 0 aliphatic rings. The van der Waals surface area contributed by atoms with Crippen molar-refractivity contribution in [3.05, 3.63) is 52.4 Å². The number of anilines is 1. The van der Waals surface area contributed by atoms with Crippen LogP contribution in [0, 0.1) is 0 Å². The fourth-order valence-corrected chi connectivity index (χ4v) is 1.97. The van der Waals surface area contributed by atoms with Crippen LogP contribution in [0.25, 0.3) is 0 Å². The molecule has 2 N–H and O–H groups in total. The molecule has 0 fully saturated rings. The number of carbonyl (C=O) groups is 2. The van der Waals surface area contributed by atoms with Crippen molar-refractivity contribution in [1.29, 1.82) is 0 Å². The molecule has 0 unspecified atom stereocenters. The molecule has 6 nitrogen and oxygen atoms in total. The summed E-state index contributed by atoms with van der Waals surface area (Å²) in [7, 11) is 0. The zero-order chi connectivity index (χ0) is 17.0. The van der Waals surface area contributed by atoms with Gasteiger partial charge in [-0.1, -0.05) is 12.1 Å². The highest BCUT2D eigenvalue weighted by molar-refractivity contribution is 9.10. The van der Waals surface area contributed by atoms with Crippen molar-refractivity contribution in [1.82, 2.24) is 15.3 Å². The molecule has 23 heavy (non-hydrogen) atoms. The van der Waals surface area contributed by atoms with E-state index >= 15 is 0 Å². The number of amides is 3. The zero-order valence-corrected chi connectivity index (χ0v) is 12.8. The molecule has 3 amide bonds. The molecule has 0 aliphatic carbocycles. The summed E-state index contributed by atoms with van der Waals surface area (Å²) >= 11 is 3.16. The number of carbonyl (C=O) groups excluding carboxylic acids is 2. The van der Waals surface area contributed by atoms with Crippen LogP contribution in [-0.2, 0) is 6.18 Å².